The highest BCUT2D eigenvalue weighted by atomic mass is 16.7. The Labute approximate surface area is 162 Å². The number of carbonyl (C=O) groups is 1. The highest BCUT2D eigenvalue weighted by Gasteiger charge is 2.52. The summed E-state index contributed by atoms with van der Waals surface area (Å²) in [5, 5.41) is 2.98. The zero-order valence-electron chi connectivity index (χ0n) is 16.5. The predicted molar refractivity (Wildman–Crippen MR) is 106 cm³/mol. The maximum atomic E-state index is 12.2. The third kappa shape index (κ3) is 3.81. The number of aromatic amines is 1. The van der Waals surface area contributed by atoms with Gasteiger partial charge in [0.1, 0.15) is 0 Å². The van der Waals surface area contributed by atoms with Crippen molar-refractivity contribution in [2.75, 3.05) is 6.54 Å². The van der Waals surface area contributed by atoms with Crippen LogP contribution in [0.5, 0.6) is 0 Å². The summed E-state index contributed by atoms with van der Waals surface area (Å²) in [4.78, 5) is 37.6. The number of hydrogen-bond acceptors (Lipinski definition) is 6. The van der Waals surface area contributed by atoms with Gasteiger partial charge in [0.15, 0.2) is 0 Å². The number of aromatic nitrogens is 1. The summed E-state index contributed by atoms with van der Waals surface area (Å²) in [6.07, 6.45) is 1.72. The molecule has 1 amide bonds. The number of nitrogens with one attached hydrogen (secondary N) is 2. The van der Waals surface area contributed by atoms with Gasteiger partial charge in [0.25, 0.3) is 0 Å². The smallest absolute Gasteiger partial charge is 0.400 e. The number of carbonyl (C=O) groups excluding carboxylic acids is 1. The number of benzene rings is 1. The first-order chi connectivity index (χ1) is 13.0. The molecule has 2 N–H and O–H groups in total. The average molecular weight is 386 g/mol. The van der Waals surface area contributed by atoms with Gasteiger partial charge in [-0.2, -0.15) is 0 Å². The maximum absolute atomic E-state index is 12.2. The Bertz CT molecular complexity index is 1050. The van der Waals surface area contributed by atoms with E-state index >= 15 is 0 Å². The predicted octanol–water partition coefficient (Wildman–Crippen LogP) is 1.63. The van der Waals surface area contributed by atoms with Crippen LogP contribution in [0.3, 0.4) is 0 Å². The van der Waals surface area contributed by atoms with Gasteiger partial charge < -0.3 is 19.0 Å². The van der Waals surface area contributed by atoms with Crippen molar-refractivity contribution in [1.29, 1.82) is 0 Å². The van der Waals surface area contributed by atoms with Crippen molar-refractivity contribution < 1.29 is 18.5 Å². The molecule has 0 bridgehead atoms. The Morgan fingerprint density at radius 3 is 2.43 bits per heavy atom. The van der Waals surface area contributed by atoms with Crippen LogP contribution < -0.4 is 16.7 Å². The quantitative estimate of drug-likeness (QED) is 0.773. The van der Waals surface area contributed by atoms with Gasteiger partial charge >= 0.3 is 18.5 Å². The van der Waals surface area contributed by atoms with E-state index in [1.54, 1.807) is 24.3 Å². The molecule has 1 aromatic heterocycles. The van der Waals surface area contributed by atoms with Gasteiger partial charge in [0.05, 0.1) is 22.1 Å². The minimum Gasteiger partial charge on any atom is -0.400 e. The first kappa shape index (κ1) is 20.1. The molecule has 0 saturated carbocycles. The normalized spacial score (nSPS) is 18.5. The van der Waals surface area contributed by atoms with E-state index in [-0.39, 0.29) is 17.8 Å². The van der Waals surface area contributed by atoms with E-state index in [0.29, 0.717) is 16.6 Å². The van der Waals surface area contributed by atoms with Gasteiger partial charge in [-0.25, -0.2) is 9.59 Å². The Balaban J connectivity index is 2.11. The van der Waals surface area contributed by atoms with Crippen molar-refractivity contribution in [3.63, 3.8) is 0 Å². The Hall–Kier alpha value is -2.65. The van der Waals surface area contributed by atoms with E-state index in [1.165, 1.54) is 6.92 Å². The van der Waals surface area contributed by atoms with Crippen molar-refractivity contribution in [2.24, 2.45) is 0 Å². The Kier molecular flexibility index (Phi) is 5.07. The highest BCUT2D eigenvalue weighted by molar-refractivity contribution is 6.56. The third-order valence-corrected chi connectivity index (χ3v) is 5.16. The summed E-state index contributed by atoms with van der Waals surface area (Å²) < 4.78 is 16.9. The molecule has 2 aromatic rings. The molecule has 1 aliphatic heterocycles. The van der Waals surface area contributed by atoms with Crippen LogP contribution in [-0.4, -0.2) is 35.8 Å². The minimum atomic E-state index is -0.817. The summed E-state index contributed by atoms with van der Waals surface area (Å²) in [5.41, 5.74) is -0.336. The van der Waals surface area contributed by atoms with Gasteiger partial charge in [0.2, 0.25) is 5.91 Å². The molecular weight excluding hydrogens is 363 g/mol. The van der Waals surface area contributed by atoms with E-state index in [9.17, 15) is 14.4 Å². The minimum absolute atomic E-state index is 0.178. The van der Waals surface area contributed by atoms with E-state index < -0.39 is 29.7 Å². The molecule has 0 radical (unpaired) electrons. The van der Waals surface area contributed by atoms with Crippen molar-refractivity contribution >= 4 is 30.0 Å². The summed E-state index contributed by atoms with van der Waals surface area (Å²) in [7, 11) is -0.707. The Morgan fingerprint density at radius 1 is 1.18 bits per heavy atom. The van der Waals surface area contributed by atoms with E-state index in [0.717, 1.165) is 0 Å². The first-order valence-electron chi connectivity index (χ1n) is 8.97. The van der Waals surface area contributed by atoms with Crippen molar-refractivity contribution in [3.05, 3.63) is 50.2 Å². The summed E-state index contributed by atoms with van der Waals surface area (Å²) in [6, 6.07) is 5.05. The lowest BCUT2D eigenvalue weighted by molar-refractivity contribution is -0.118. The molecule has 148 valence electrons. The number of rotatable bonds is 4. The van der Waals surface area contributed by atoms with Gasteiger partial charge in [-0.3, -0.25) is 9.78 Å². The van der Waals surface area contributed by atoms with E-state index in [1.807, 2.05) is 27.7 Å². The van der Waals surface area contributed by atoms with Crippen molar-refractivity contribution in [3.8, 4) is 0 Å². The zero-order valence-corrected chi connectivity index (χ0v) is 16.5. The first-order valence-corrected chi connectivity index (χ1v) is 8.97. The third-order valence-electron chi connectivity index (χ3n) is 5.16. The summed E-state index contributed by atoms with van der Waals surface area (Å²) >= 11 is 0. The monoisotopic (exact) mass is 386 g/mol. The molecule has 0 aliphatic carbocycles. The molecule has 8 nitrogen and oxygen atoms in total. The fraction of sp³-hybridized carbons (Fsp3) is 0.421. The SMILES string of the molecule is CC(=O)NCC(=Cc1cccc2[nH]c(=O)oc(=O)c12)B1OC(C)(C)C(C)(C)O1. The van der Waals surface area contributed by atoms with Gasteiger partial charge in [-0.1, -0.05) is 18.2 Å². The van der Waals surface area contributed by atoms with Crippen LogP contribution in [0.25, 0.3) is 17.0 Å². The number of H-pyrrole nitrogens is 1. The van der Waals surface area contributed by atoms with Gasteiger partial charge in [0, 0.05) is 13.5 Å². The fourth-order valence-electron chi connectivity index (χ4n) is 2.92. The van der Waals surface area contributed by atoms with Gasteiger partial charge in [-0.15, -0.1) is 0 Å². The molecule has 1 aliphatic rings. The van der Waals surface area contributed by atoms with Crippen LogP contribution in [0.4, 0.5) is 0 Å². The molecule has 0 spiro atoms. The van der Waals surface area contributed by atoms with Crippen LogP contribution in [0.15, 0.2) is 37.7 Å². The Morgan fingerprint density at radius 2 is 1.82 bits per heavy atom. The second-order valence-electron chi connectivity index (χ2n) is 7.79. The van der Waals surface area contributed by atoms with Crippen molar-refractivity contribution in [1.82, 2.24) is 10.3 Å². The second kappa shape index (κ2) is 7.07. The second-order valence-corrected chi connectivity index (χ2v) is 7.79. The average Bonchev–Trinajstić information content (AvgIpc) is 2.78. The van der Waals surface area contributed by atoms with E-state index in [4.69, 9.17) is 9.31 Å². The number of hydrogen-bond donors (Lipinski definition) is 2. The van der Waals surface area contributed by atoms with Crippen LogP contribution in [0.2, 0.25) is 0 Å². The van der Waals surface area contributed by atoms with Crippen LogP contribution >= 0.6 is 0 Å². The highest BCUT2D eigenvalue weighted by Crippen LogP contribution is 2.38. The van der Waals surface area contributed by atoms with Crippen LogP contribution in [-0.2, 0) is 14.1 Å². The molecule has 0 unspecified atom stereocenters. The molecule has 9 heteroatoms. The molecule has 1 fully saturated rings. The van der Waals surface area contributed by atoms with Crippen molar-refractivity contribution in [2.45, 2.75) is 45.8 Å². The summed E-state index contributed by atoms with van der Waals surface area (Å²) in [5.74, 6) is -1.02. The number of amides is 1. The molecule has 1 aromatic carbocycles. The lowest BCUT2D eigenvalue weighted by Gasteiger charge is -2.32. The van der Waals surface area contributed by atoms with Gasteiger partial charge in [-0.05, 0) is 44.8 Å². The molecule has 1 saturated heterocycles. The molecular formula is C19H23BN2O6. The van der Waals surface area contributed by atoms with Crippen LogP contribution in [0.1, 0.15) is 40.2 Å². The molecule has 2 heterocycles. The molecule has 3 rings (SSSR count). The van der Waals surface area contributed by atoms with Crippen LogP contribution in [0, 0.1) is 0 Å². The topological polar surface area (TPSA) is 111 Å². The lowest BCUT2D eigenvalue weighted by atomic mass is 9.76. The maximum Gasteiger partial charge on any atom is 0.492 e. The summed E-state index contributed by atoms with van der Waals surface area (Å²) in [6.45, 7) is 9.32. The fourth-order valence-corrected chi connectivity index (χ4v) is 2.92. The van der Waals surface area contributed by atoms with E-state index in [2.05, 4.69) is 14.7 Å². The lowest BCUT2D eigenvalue weighted by Crippen LogP contribution is -2.41. The molecule has 0 atom stereocenters. The molecule has 28 heavy (non-hydrogen) atoms. The largest absolute Gasteiger partial charge is 0.492 e. The standard InChI is InChI=1S/C19H23BN2O6/c1-11(23)21-10-13(20-27-18(2,3)19(4,5)28-20)9-12-7-6-8-14-15(12)16(24)26-17(25)22-14/h6-9H,10H2,1-5H3,(H,21,23)(H,22,25). The zero-order chi connectivity index (χ0) is 20.7. The number of fused-ring (bicyclic) bond motifs is 1.